The lowest BCUT2D eigenvalue weighted by molar-refractivity contribution is -0.134. The summed E-state index contributed by atoms with van der Waals surface area (Å²) in [6, 6.07) is 7.46. The van der Waals surface area contributed by atoms with Crippen LogP contribution in [0, 0.1) is 0 Å². The van der Waals surface area contributed by atoms with Gasteiger partial charge in [0, 0.05) is 18.0 Å². The summed E-state index contributed by atoms with van der Waals surface area (Å²) in [6.45, 7) is 3.49. The van der Waals surface area contributed by atoms with E-state index in [0.29, 0.717) is 5.02 Å². The second-order valence-electron chi connectivity index (χ2n) is 5.30. The number of hydrogen-bond acceptors (Lipinski definition) is 1. The molecule has 0 aromatic heterocycles. The van der Waals surface area contributed by atoms with Crippen LogP contribution >= 0.6 is 11.6 Å². The van der Waals surface area contributed by atoms with Gasteiger partial charge in [-0.15, -0.1) is 0 Å². The molecule has 7 heteroatoms. The number of nitrogens with zero attached hydrogens (tertiary/aromatic N) is 2. The van der Waals surface area contributed by atoms with Gasteiger partial charge in [0.05, 0.1) is 5.54 Å². The largest absolute Gasteiger partial charge is 0.389 e. The van der Waals surface area contributed by atoms with Crippen LogP contribution in [-0.2, 0) is 5.54 Å². The smallest absolute Gasteiger partial charge is 0.345 e. The van der Waals surface area contributed by atoms with Crippen LogP contribution in [0.15, 0.2) is 34.3 Å². The molecule has 1 aromatic rings. The van der Waals surface area contributed by atoms with Crippen molar-refractivity contribution in [3.63, 3.8) is 0 Å². The first-order valence-electron chi connectivity index (χ1n) is 6.97. The fourth-order valence-corrected chi connectivity index (χ4v) is 2.31. The Kier molecular flexibility index (Phi) is 5.11. The quantitative estimate of drug-likeness (QED) is 0.487. The van der Waals surface area contributed by atoms with Crippen molar-refractivity contribution in [2.24, 2.45) is 9.98 Å². The van der Waals surface area contributed by atoms with E-state index in [1.165, 1.54) is 0 Å². The average Bonchev–Trinajstić information content (AvgIpc) is 3.23. The van der Waals surface area contributed by atoms with Gasteiger partial charge in [0.2, 0.25) is 5.96 Å². The first kappa shape index (κ1) is 16.8. The number of benzene rings is 1. The number of hydrogen-bond donors (Lipinski definition) is 1. The molecule has 1 aromatic carbocycles. The van der Waals surface area contributed by atoms with E-state index >= 15 is 0 Å². The summed E-state index contributed by atoms with van der Waals surface area (Å²) in [7, 11) is 0. The van der Waals surface area contributed by atoms with Crippen LogP contribution in [0.25, 0.3) is 0 Å². The van der Waals surface area contributed by atoms with E-state index in [1.807, 2.05) is 12.1 Å². The molecule has 22 heavy (non-hydrogen) atoms. The Morgan fingerprint density at radius 3 is 2.41 bits per heavy atom. The molecular weight excluding hydrogens is 315 g/mol. The summed E-state index contributed by atoms with van der Waals surface area (Å²) in [5.74, 6) is 0.287. The molecule has 3 nitrogen and oxygen atoms in total. The Hall–Kier alpha value is -1.56. The lowest BCUT2D eigenvalue weighted by Crippen LogP contribution is -2.34. The highest BCUT2D eigenvalue weighted by Crippen LogP contribution is 2.45. The van der Waals surface area contributed by atoms with Crippen molar-refractivity contribution >= 4 is 24.3 Å². The van der Waals surface area contributed by atoms with Crippen LogP contribution in [0.4, 0.5) is 13.2 Å². The molecule has 1 saturated carbocycles. The van der Waals surface area contributed by atoms with Crippen LogP contribution in [0.1, 0.15) is 31.2 Å². The van der Waals surface area contributed by atoms with Crippen LogP contribution in [0.3, 0.4) is 0 Å². The third-order valence-electron chi connectivity index (χ3n) is 3.53. The topological polar surface area (TPSA) is 36.8 Å². The Morgan fingerprint density at radius 1 is 1.27 bits per heavy atom. The second kappa shape index (κ2) is 6.69. The minimum Gasteiger partial charge on any atom is -0.345 e. The van der Waals surface area contributed by atoms with Crippen molar-refractivity contribution in [2.75, 3.05) is 6.54 Å². The molecular formula is C15H17ClF3N3. The Balaban J connectivity index is 1.95. The fourth-order valence-electron chi connectivity index (χ4n) is 2.19. The summed E-state index contributed by atoms with van der Waals surface area (Å²) >= 11 is 5.87. The third-order valence-corrected chi connectivity index (χ3v) is 3.78. The normalized spacial score (nSPS) is 17.2. The number of aliphatic imine (C=N–C) groups is 2. The zero-order chi connectivity index (χ0) is 16.2. The van der Waals surface area contributed by atoms with Crippen molar-refractivity contribution < 1.29 is 13.2 Å². The van der Waals surface area contributed by atoms with E-state index in [0.717, 1.165) is 18.4 Å². The standard InChI is InChI=1S/C15H17ClF3N3/c1-20-13(21-10-2-7-15(17,18)19)22-14(8-9-14)11-3-5-12(16)6-4-11/h3-6H,1-2,7-10H2,(H,21,22). The van der Waals surface area contributed by atoms with Crippen LogP contribution in [0.2, 0.25) is 5.02 Å². The van der Waals surface area contributed by atoms with E-state index in [-0.39, 0.29) is 24.5 Å². The van der Waals surface area contributed by atoms with Crippen molar-refractivity contribution in [2.45, 2.75) is 37.4 Å². The minimum absolute atomic E-state index is 0.0574. The maximum Gasteiger partial charge on any atom is 0.389 e. The van der Waals surface area contributed by atoms with E-state index in [4.69, 9.17) is 11.6 Å². The molecule has 0 saturated heterocycles. The van der Waals surface area contributed by atoms with Crippen LogP contribution in [0.5, 0.6) is 0 Å². The molecule has 0 atom stereocenters. The zero-order valence-corrected chi connectivity index (χ0v) is 12.7. The molecule has 0 amide bonds. The van der Waals surface area contributed by atoms with Gasteiger partial charge >= 0.3 is 6.18 Å². The van der Waals surface area contributed by atoms with Gasteiger partial charge in [-0.1, -0.05) is 23.7 Å². The summed E-state index contributed by atoms with van der Waals surface area (Å²) in [4.78, 5) is 7.84. The molecule has 1 N–H and O–H groups in total. The SMILES string of the molecule is C=N/C(=N\CCCC(F)(F)F)NC1(c2ccc(Cl)cc2)CC1. The summed E-state index contributed by atoms with van der Waals surface area (Å²) in [5, 5.41) is 3.84. The maximum atomic E-state index is 12.1. The Morgan fingerprint density at radius 2 is 1.91 bits per heavy atom. The van der Waals surface area contributed by atoms with E-state index in [2.05, 4.69) is 22.0 Å². The number of guanidine groups is 1. The number of halogens is 4. The van der Waals surface area contributed by atoms with Gasteiger partial charge < -0.3 is 5.32 Å². The van der Waals surface area contributed by atoms with Crippen molar-refractivity contribution in [1.82, 2.24) is 5.32 Å². The van der Waals surface area contributed by atoms with Gasteiger partial charge in [0.1, 0.15) is 0 Å². The molecule has 1 fully saturated rings. The van der Waals surface area contributed by atoms with Gasteiger partial charge in [-0.2, -0.15) is 13.2 Å². The summed E-state index contributed by atoms with van der Waals surface area (Å²) in [6.07, 6.45) is -3.23. The molecule has 2 rings (SSSR count). The van der Waals surface area contributed by atoms with E-state index < -0.39 is 12.6 Å². The molecule has 0 radical (unpaired) electrons. The second-order valence-corrected chi connectivity index (χ2v) is 5.73. The van der Waals surface area contributed by atoms with Crippen molar-refractivity contribution in [1.29, 1.82) is 0 Å². The van der Waals surface area contributed by atoms with E-state index in [1.54, 1.807) is 12.1 Å². The molecule has 1 aliphatic carbocycles. The molecule has 0 spiro atoms. The highest BCUT2D eigenvalue weighted by molar-refractivity contribution is 6.30. The van der Waals surface area contributed by atoms with Gasteiger partial charge in [0.25, 0.3) is 0 Å². The van der Waals surface area contributed by atoms with Crippen LogP contribution < -0.4 is 5.32 Å². The summed E-state index contributed by atoms with van der Waals surface area (Å²) < 4.78 is 36.3. The van der Waals surface area contributed by atoms with E-state index in [9.17, 15) is 13.2 Å². The highest BCUT2D eigenvalue weighted by atomic mass is 35.5. The predicted molar refractivity (Wildman–Crippen MR) is 82.6 cm³/mol. The minimum atomic E-state index is -4.15. The number of nitrogens with one attached hydrogen (secondary N) is 1. The summed E-state index contributed by atoms with van der Waals surface area (Å²) in [5.41, 5.74) is 0.804. The molecule has 0 heterocycles. The average molecular weight is 332 g/mol. The van der Waals surface area contributed by atoms with Gasteiger partial charge in [-0.05, 0) is 43.7 Å². The first-order chi connectivity index (χ1) is 10.3. The van der Waals surface area contributed by atoms with Gasteiger partial charge in [0.15, 0.2) is 0 Å². The number of alkyl halides is 3. The molecule has 0 unspecified atom stereocenters. The Labute approximate surface area is 132 Å². The van der Waals surface area contributed by atoms with Crippen molar-refractivity contribution in [3.05, 3.63) is 34.9 Å². The van der Waals surface area contributed by atoms with Gasteiger partial charge in [-0.25, -0.2) is 4.99 Å². The molecule has 0 aliphatic heterocycles. The lowest BCUT2D eigenvalue weighted by Gasteiger charge is -2.18. The molecule has 0 bridgehead atoms. The first-order valence-corrected chi connectivity index (χ1v) is 7.35. The van der Waals surface area contributed by atoms with Crippen LogP contribution in [-0.4, -0.2) is 25.4 Å². The molecule has 120 valence electrons. The van der Waals surface area contributed by atoms with Crippen molar-refractivity contribution in [3.8, 4) is 0 Å². The zero-order valence-electron chi connectivity index (χ0n) is 12.0. The number of rotatable bonds is 5. The monoisotopic (exact) mass is 331 g/mol. The predicted octanol–water partition coefficient (Wildman–Crippen LogP) is 4.32. The Bertz CT molecular complexity index is 548. The van der Waals surface area contributed by atoms with Gasteiger partial charge in [-0.3, -0.25) is 4.99 Å². The third kappa shape index (κ3) is 4.73. The fraction of sp³-hybridized carbons (Fsp3) is 0.467. The molecule has 1 aliphatic rings. The highest BCUT2D eigenvalue weighted by Gasteiger charge is 2.45. The lowest BCUT2D eigenvalue weighted by atomic mass is 10.1. The maximum absolute atomic E-state index is 12.1.